The number of nitrogens with zero attached hydrogens (tertiary/aromatic N) is 2. The minimum absolute atomic E-state index is 0.0535. The lowest BCUT2D eigenvalue weighted by atomic mass is 10.0. The molecule has 6 heteroatoms. The average Bonchev–Trinajstić information content (AvgIpc) is 2.72. The highest BCUT2D eigenvalue weighted by Gasteiger charge is 2.13. The molecule has 1 aromatic heterocycles. The van der Waals surface area contributed by atoms with Gasteiger partial charge in [-0.3, -0.25) is 14.3 Å². The Morgan fingerprint density at radius 1 is 1.19 bits per heavy atom. The van der Waals surface area contributed by atoms with Gasteiger partial charge in [-0.15, -0.1) is 0 Å². The lowest BCUT2D eigenvalue weighted by Gasteiger charge is -2.18. The van der Waals surface area contributed by atoms with Gasteiger partial charge >= 0.3 is 0 Å². The predicted molar refractivity (Wildman–Crippen MR) is 105 cm³/mol. The maximum Gasteiger partial charge on any atom is 0.222 e. The van der Waals surface area contributed by atoms with Gasteiger partial charge < -0.3 is 10.1 Å². The Labute approximate surface area is 157 Å². The summed E-state index contributed by atoms with van der Waals surface area (Å²) >= 11 is 0. The summed E-state index contributed by atoms with van der Waals surface area (Å²) in [5.74, 6) is 0.735. The highest BCUT2D eigenvalue weighted by molar-refractivity contribution is 5.79. The van der Waals surface area contributed by atoms with Crippen LogP contribution in [0.5, 0.6) is 5.75 Å². The fraction of sp³-hybridized carbons (Fsp3) is 0.286. The van der Waals surface area contributed by atoms with Crippen LogP contribution in [0.4, 0.5) is 0 Å². The molecule has 3 aromatic rings. The van der Waals surface area contributed by atoms with Crippen molar-refractivity contribution in [1.82, 2.24) is 15.1 Å². The van der Waals surface area contributed by atoms with Crippen LogP contribution < -0.4 is 15.5 Å². The summed E-state index contributed by atoms with van der Waals surface area (Å²) in [6.07, 6.45) is 2.37. The van der Waals surface area contributed by atoms with Crippen LogP contribution in [-0.4, -0.2) is 22.8 Å². The molecule has 0 bridgehead atoms. The second-order valence-corrected chi connectivity index (χ2v) is 6.30. The number of aryl methyl sites for hydroxylation is 1. The van der Waals surface area contributed by atoms with Crippen LogP contribution in [0.3, 0.4) is 0 Å². The summed E-state index contributed by atoms with van der Waals surface area (Å²) in [6, 6.07) is 14.9. The maximum absolute atomic E-state index is 12.4. The number of fused-ring (bicyclic) bond motifs is 1. The molecular weight excluding hydrogens is 342 g/mol. The molecule has 0 aliphatic rings. The molecule has 0 saturated carbocycles. The first-order valence-electron chi connectivity index (χ1n) is 9.00. The molecule has 0 aliphatic heterocycles. The first kappa shape index (κ1) is 18.6. The van der Waals surface area contributed by atoms with E-state index in [2.05, 4.69) is 10.4 Å². The average molecular weight is 365 g/mol. The molecule has 3 rings (SSSR count). The molecule has 140 valence electrons. The molecule has 0 spiro atoms. The summed E-state index contributed by atoms with van der Waals surface area (Å²) in [5.41, 5.74) is 1.66. The Morgan fingerprint density at radius 3 is 2.63 bits per heavy atom. The SMILES string of the molecule is CCC(NC(=O)CCn1ncc(=O)c2ccccc21)c1ccc(OC)cc1. The van der Waals surface area contributed by atoms with Gasteiger partial charge in [-0.2, -0.15) is 5.10 Å². The first-order chi connectivity index (χ1) is 13.1. The van der Waals surface area contributed by atoms with E-state index in [0.717, 1.165) is 23.3 Å². The van der Waals surface area contributed by atoms with E-state index >= 15 is 0 Å². The van der Waals surface area contributed by atoms with Crippen molar-refractivity contribution in [3.63, 3.8) is 0 Å². The predicted octanol–water partition coefficient (Wildman–Crippen LogP) is 3.06. The van der Waals surface area contributed by atoms with Gasteiger partial charge in [0.2, 0.25) is 11.3 Å². The molecule has 1 N–H and O–H groups in total. The van der Waals surface area contributed by atoms with Crippen molar-refractivity contribution < 1.29 is 9.53 Å². The van der Waals surface area contributed by atoms with E-state index in [1.165, 1.54) is 6.20 Å². The van der Waals surface area contributed by atoms with Crippen molar-refractivity contribution in [1.29, 1.82) is 0 Å². The zero-order chi connectivity index (χ0) is 19.2. The number of hydrogen-bond acceptors (Lipinski definition) is 4. The summed E-state index contributed by atoms with van der Waals surface area (Å²) < 4.78 is 6.87. The van der Waals surface area contributed by atoms with Crippen LogP contribution in [0.25, 0.3) is 10.9 Å². The number of nitrogens with one attached hydrogen (secondary N) is 1. The van der Waals surface area contributed by atoms with Crippen molar-refractivity contribution in [2.45, 2.75) is 32.4 Å². The van der Waals surface area contributed by atoms with E-state index in [0.29, 0.717) is 11.9 Å². The zero-order valence-corrected chi connectivity index (χ0v) is 15.5. The highest BCUT2D eigenvalue weighted by Crippen LogP contribution is 2.20. The van der Waals surface area contributed by atoms with Gasteiger partial charge in [-0.05, 0) is 36.2 Å². The van der Waals surface area contributed by atoms with Crippen molar-refractivity contribution in [3.05, 3.63) is 70.5 Å². The minimum Gasteiger partial charge on any atom is -0.497 e. The van der Waals surface area contributed by atoms with Gasteiger partial charge in [0.25, 0.3) is 0 Å². The van der Waals surface area contributed by atoms with E-state index < -0.39 is 0 Å². The standard InChI is InChI=1S/C21H23N3O3/c1-3-18(15-8-10-16(27-2)11-9-15)23-21(26)12-13-24-19-7-5-4-6-17(19)20(25)14-22-24/h4-11,14,18H,3,12-13H2,1-2H3,(H,23,26). The molecule has 2 aromatic carbocycles. The molecule has 0 fully saturated rings. The fourth-order valence-electron chi connectivity index (χ4n) is 3.07. The molecular formula is C21H23N3O3. The largest absolute Gasteiger partial charge is 0.497 e. The topological polar surface area (TPSA) is 73.2 Å². The zero-order valence-electron chi connectivity index (χ0n) is 15.5. The number of rotatable bonds is 7. The normalized spacial score (nSPS) is 11.9. The maximum atomic E-state index is 12.4. The number of methoxy groups -OCH3 is 1. The Bertz CT molecular complexity index is 980. The Balaban J connectivity index is 1.67. The smallest absolute Gasteiger partial charge is 0.222 e. The molecule has 0 radical (unpaired) electrons. The molecule has 0 aliphatic carbocycles. The monoisotopic (exact) mass is 365 g/mol. The summed E-state index contributed by atoms with van der Waals surface area (Å²) in [7, 11) is 1.63. The number of para-hydroxylation sites is 1. The summed E-state index contributed by atoms with van der Waals surface area (Å²) in [5, 5.41) is 7.84. The number of hydrogen-bond donors (Lipinski definition) is 1. The van der Waals surface area contributed by atoms with Crippen LogP contribution in [0.15, 0.2) is 59.5 Å². The summed E-state index contributed by atoms with van der Waals surface area (Å²) in [4.78, 5) is 24.3. The third-order valence-electron chi connectivity index (χ3n) is 4.57. The Kier molecular flexibility index (Phi) is 5.86. The van der Waals surface area contributed by atoms with Gasteiger partial charge in [0.1, 0.15) is 5.75 Å². The molecule has 1 unspecified atom stereocenters. The minimum atomic E-state index is -0.114. The summed E-state index contributed by atoms with van der Waals surface area (Å²) in [6.45, 7) is 2.44. The van der Waals surface area contributed by atoms with Crippen LogP contribution in [-0.2, 0) is 11.3 Å². The van der Waals surface area contributed by atoms with Crippen molar-refractivity contribution in [2.24, 2.45) is 0 Å². The van der Waals surface area contributed by atoms with E-state index in [4.69, 9.17) is 4.74 Å². The van der Waals surface area contributed by atoms with Gasteiger partial charge in [-0.1, -0.05) is 31.2 Å². The first-order valence-corrected chi connectivity index (χ1v) is 9.00. The van der Waals surface area contributed by atoms with Gasteiger partial charge in [-0.25, -0.2) is 0 Å². The van der Waals surface area contributed by atoms with Crippen LogP contribution in [0.1, 0.15) is 31.4 Å². The molecule has 27 heavy (non-hydrogen) atoms. The van der Waals surface area contributed by atoms with Crippen LogP contribution in [0.2, 0.25) is 0 Å². The number of carbonyl (C=O) groups excluding carboxylic acids is 1. The molecule has 6 nitrogen and oxygen atoms in total. The van der Waals surface area contributed by atoms with Gasteiger partial charge in [0.05, 0.1) is 31.4 Å². The number of aromatic nitrogens is 2. The number of ether oxygens (including phenoxy) is 1. The second kappa shape index (κ2) is 8.49. The third-order valence-corrected chi connectivity index (χ3v) is 4.57. The van der Waals surface area contributed by atoms with Crippen molar-refractivity contribution in [3.8, 4) is 5.75 Å². The highest BCUT2D eigenvalue weighted by atomic mass is 16.5. The van der Waals surface area contributed by atoms with Crippen LogP contribution in [0, 0.1) is 0 Å². The lowest BCUT2D eigenvalue weighted by Crippen LogP contribution is -2.29. The molecule has 1 amide bonds. The number of benzene rings is 2. The Morgan fingerprint density at radius 2 is 1.93 bits per heavy atom. The quantitative estimate of drug-likeness (QED) is 0.698. The second-order valence-electron chi connectivity index (χ2n) is 6.30. The Hall–Kier alpha value is -3.15. The third kappa shape index (κ3) is 4.34. The van der Waals surface area contributed by atoms with E-state index in [1.807, 2.05) is 49.4 Å². The van der Waals surface area contributed by atoms with Gasteiger partial charge in [0, 0.05) is 11.8 Å². The van der Waals surface area contributed by atoms with E-state index in [-0.39, 0.29) is 23.8 Å². The van der Waals surface area contributed by atoms with E-state index in [9.17, 15) is 9.59 Å². The molecule has 0 saturated heterocycles. The number of carbonyl (C=O) groups is 1. The van der Waals surface area contributed by atoms with Crippen molar-refractivity contribution >= 4 is 16.8 Å². The van der Waals surface area contributed by atoms with Gasteiger partial charge in [0.15, 0.2) is 0 Å². The number of amides is 1. The van der Waals surface area contributed by atoms with Crippen molar-refractivity contribution in [2.75, 3.05) is 7.11 Å². The molecule has 1 heterocycles. The van der Waals surface area contributed by atoms with Crippen LogP contribution >= 0.6 is 0 Å². The lowest BCUT2D eigenvalue weighted by molar-refractivity contribution is -0.122. The van der Waals surface area contributed by atoms with E-state index in [1.54, 1.807) is 17.9 Å². The molecule has 1 atom stereocenters. The fourth-order valence-corrected chi connectivity index (χ4v) is 3.07.